The molecule has 1 aliphatic rings. The van der Waals surface area contributed by atoms with Crippen LogP contribution >= 0.6 is 0 Å². The zero-order valence-electron chi connectivity index (χ0n) is 18.6. The summed E-state index contributed by atoms with van der Waals surface area (Å²) in [6.07, 6.45) is 6.36. The van der Waals surface area contributed by atoms with Crippen molar-refractivity contribution in [3.63, 3.8) is 0 Å². The van der Waals surface area contributed by atoms with Crippen LogP contribution in [-0.4, -0.2) is 32.2 Å². The Morgan fingerprint density at radius 3 is 2.28 bits per heavy atom. The lowest BCUT2D eigenvalue weighted by Crippen LogP contribution is -2.34. The van der Waals surface area contributed by atoms with Gasteiger partial charge in [-0.1, -0.05) is 43.7 Å². The Labute approximate surface area is 177 Å². The maximum absolute atomic E-state index is 5.53. The highest BCUT2D eigenvalue weighted by molar-refractivity contribution is 5.47. The molecule has 0 amide bonds. The van der Waals surface area contributed by atoms with E-state index in [9.17, 15) is 0 Å². The Hall–Kier alpha value is -2.00. The molecular formula is C26H37NO2. The van der Waals surface area contributed by atoms with Crippen LogP contribution in [0.2, 0.25) is 0 Å². The van der Waals surface area contributed by atoms with E-state index in [4.69, 9.17) is 9.47 Å². The van der Waals surface area contributed by atoms with Crippen LogP contribution in [0.5, 0.6) is 11.5 Å². The number of rotatable bonds is 9. The molecule has 2 aromatic rings. The first-order valence-corrected chi connectivity index (χ1v) is 11.1. The second-order valence-corrected chi connectivity index (χ2v) is 8.55. The normalized spacial score (nSPS) is 16.6. The molecule has 1 aliphatic heterocycles. The Balaban J connectivity index is 1.53. The fraction of sp³-hybridized carbons (Fsp3) is 0.538. The highest BCUT2D eigenvalue weighted by atomic mass is 16.5. The van der Waals surface area contributed by atoms with E-state index >= 15 is 0 Å². The molecule has 1 unspecified atom stereocenters. The predicted octanol–water partition coefficient (Wildman–Crippen LogP) is 5.88. The monoisotopic (exact) mass is 395 g/mol. The first-order chi connectivity index (χ1) is 14.1. The third kappa shape index (κ3) is 5.99. The van der Waals surface area contributed by atoms with Gasteiger partial charge in [0.05, 0.1) is 14.2 Å². The van der Waals surface area contributed by atoms with Gasteiger partial charge in [-0.25, -0.2) is 0 Å². The van der Waals surface area contributed by atoms with Gasteiger partial charge in [0.25, 0.3) is 0 Å². The van der Waals surface area contributed by atoms with Crippen molar-refractivity contribution < 1.29 is 9.47 Å². The number of piperidine rings is 1. The van der Waals surface area contributed by atoms with Crippen molar-refractivity contribution in [3.8, 4) is 11.5 Å². The van der Waals surface area contributed by atoms with Gasteiger partial charge in [0, 0.05) is 6.54 Å². The van der Waals surface area contributed by atoms with Crippen LogP contribution in [0.4, 0.5) is 0 Å². The number of likely N-dealkylation sites (tertiary alicyclic amines) is 1. The Kier molecular flexibility index (Phi) is 8.00. The van der Waals surface area contributed by atoms with Crippen LogP contribution < -0.4 is 9.47 Å². The predicted molar refractivity (Wildman–Crippen MR) is 121 cm³/mol. The molecule has 3 heteroatoms. The van der Waals surface area contributed by atoms with E-state index in [-0.39, 0.29) is 0 Å². The molecule has 1 saturated heterocycles. The van der Waals surface area contributed by atoms with Crippen LogP contribution in [0.3, 0.4) is 0 Å². The number of benzene rings is 2. The van der Waals surface area contributed by atoms with Gasteiger partial charge in [0.1, 0.15) is 0 Å². The SMILES string of the molecule is CCC(Cc1cc(OC)c(OC)cc1C)CC1CCN(Cc2ccccc2)CC1. The Bertz CT molecular complexity index is 751. The van der Waals surface area contributed by atoms with Crippen LogP contribution in [0.1, 0.15) is 49.3 Å². The van der Waals surface area contributed by atoms with E-state index in [1.165, 1.54) is 55.5 Å². The third-order valence-corrected chi connectivity index (χ3v) is 6.55. The van der Waals surface area contributed by atoms with E-state index in [2.05, 4.69) is 61.2 Å². The summed E-state index contributed by atoms with van der Waals surface area (Å²) < 4.78 is 11.0. The van der Waals surface area contributed by atoms with Crippen molar-refractivity contribution >= 4 is 0 Å². The molecule has 3 rings (SSSR count). The van der Waals surface area contributed by atoms with Crippen molar-refractivity contribution in [1.82, 2.24) is 4.90 Å². The molecule has 0 aliphatic carbocycles. The molecule has 29 heavy (non-hydrogen) atoms. The molecule has 1 atom stereocenters. The molecular weight excluding hydrogens is 358 g/mol. The average molecular weight is 396 g/mol. The van der Waals surface area contributed by atoms with Gasteiger partial charge in [-0.15, -0.1) is 0 Å². The lowest BCUT2D eigenvalue weighted by atomic mass is 9.82. The van der Waals surface area contributed by atoms with Crippen molar-refractivity contribution in [2.45, 2.75) is 52.5 Å². The number of ether oxygens (including phenoxy) is 2. The smallest absolute Gasteiger partial charge is 0.161 e. The van der Waals surface area contributed by atoms with Gasteiger partial charge < -0.3 is 9.47 Å². The number of hydrogen-bond acceptors (Lipinski definition) is 3. The molecule has 1 fully saturated rings. The summed E-state index contributed by atoms with van der Waals surface area (Å²) in [5, 5.41) is 0. The van der Waals surface area contributed by atoms with Gasteiger partial charge in [0.2, 0.25) is 0 Å². The minimum absolute atomic E-state index is 0.734. The summed E-state index contributed by atoms with van der Waals surface area (Å²) in [5.41, 5.74) is 4.14. The zero-order chi connectivity index (χ0) is 20.6. The van der Waals surface area contributed by atoms with Crippen LogP contribution in [0, 0.1) is 18.8 Å². The second-order valence-electron chi connectivity index (χ2n) is 8.55. The fourth-order valence-corrected chi connectivity index (χ4v) is 4.64. The second kappa shape index (κ2) is 10.7. The topological polar surface area (TPSA) is 21.7 Å². The summed E-state index contributed by atoms with van der Waals surface area (Å²) >= 11 is 0. The van der Waals surface area contributed by atoms with E-state index < -0.39 is 0 Å². The van der Waals surface area contributed by atoms with E-state index in [0.717, 1.165) is 36.3 Å². The summed E-state index contributed by atoms with van der Waals surface area (Å²) in [6, 6.07) is 15.2. The first kappa shape index (κ1) is 21.7. The van der Waals surface area contributed by atoms with Crippen LogP contribution in [-0.2, 0) is 13.0 Å². The van der Waals surface area contributed by atoms with Crippen molar-refractivity contribution in [3.05, 3.63) is 59.2 Å². The van der Waals surface area contributed by atoms with Gasteiger partial charge in [-0.3, -0.25) is 4.90 Å². The Morgan fingerprint density at radius 2 is 1.66 bits per heavy atom. The molecule has 0 bridgehead atoms. The maximum atomic E-state index is 5.53. The number of nitrogens with zero attached hydrogens (tertiary/aromatic N) is 1. The van der Waals surface area contributed by atoms with Crippen LogP contribution in [0.25, 0.3) is 0 Å². The first-order valence-electron chi connectivity index (χ1n) is 11.1. The van der Waals surface area contributed by atoms with Crippen molar-refractivity contribution in [1.29, 1.82) is 0 Å². The van der Waals surface area contributed by atoms with Gasteiger partial charge in [-0.2, -0.15) is 0 Å². The fourth-order valence-electron chi connectivity index (χ4n) is 4.64. The van der Waals surface area contributed by atoms with Crippen molar-refractivity contribution in [2.75, 3.05) is 27.3 Å². The lowest BCUT2D eigenvalue weighted by Gasteiger charge is -2.33. The number of aryl methyl sites for hydroxylation is 1. The molecule has 0 radical (unpaired) electrons. The van der Waals surface area contributed by atoms with Gasteiger partial charge in [-0.05, 0) is 86.4 Å². The third-order valence-electron chi connectivity index (χ3n) is 6.55. The van der Waals surface area contributed by atoms with Gasteiger partial charge in [0.15, 0.2) is 11.5 Å². The average Bonchev–Trinajstić information content (AvgIpc) is 2.76. The number of methoxy groups -OCH3 is 2. The van der Waals surface area contributed by atoms with Crippen molar-refractivity contribution in [2.24, 2.45) is 11.8 Å². The zero-order valence-corrected chi connectivity index (χ0v) is 18.6. The number of hydrogen-bond donors (Lipinski definition) is 0. The molecule has 0 spiro atoms. The minimum atomic E-state index is 0.734. The molecule has 158 valence electrons. The molecule has 3 nitrogen and oxygen atoms in total. The van der Waals surface area contributed by atoms with E-state index in [1.54, 1.807) is 14.2 Å². The van der Waals surface area contributed by atoms with Gasteiger partial charge >= 0.3 is 0 Å². The largest absolute Gasteiger partial charge is 0.493 e. The highest BCUT2D eigenvalue weighted by Gasteiger charge is 2.23. The summed E-state index contributed by atoms with van der Waals surface area (Å²) in [6.45, 7) is 8.07. The van der Waals surface area contributed by atoms with E-state index in [0.29, 0.717) is 0 Å². The molecule has 0 saturated carbocycles. The molecule has 1 heterocycles. The molecule has 2 aromatic carbocycles. The quantitative estimate of drug-likeness (QED) is 0.529. The lowest BCUT2D eigenvalue weighted by molar-refractivity contribution is 0.159. The standard InChI is InChI=1S/C26H37NO2/c1-5-21(17-24-18-26(29-4)25(28-3)15-20(24)2)16-22-11-13-27(14-12-22)19-23-9-7-6-8-10-23/h6-10,15,18,21-22H,5,11-14,16-17,19H2,1-4H3. The van der Waals surface area contributed by atoms with Crippen LogP contribution in [0.15, 0.2) is 42.5 Å². The summed E-state index contributed by atoms with van der Waals surface area (Å²) in [7, 11) is 3.42. The minimum Gasteiger partial charge on any atom is -0.493 e. The highest BCUT2D eigenvalue weighted by Crippen LogP contribution is 2.34. The molecule has 0 N–H and O–H groups in total. The summed E-state index contributed by atoms with van der Waals surface area (Å²) in [5.74, 6) is 3.26. The Morgan fingerprint density at radius 1 is 1.00 bits per heavy atom. The maximum Gasteiger partial charge on any atom is 0.161 e. The summed E-state index contributed by atoms with van der Waals surface area (Å²) in [4.78, 5) is 2.62. The van der Waals surface area contributed by atoms with E-state index in [1.807, 2.05) is 0 Å². The molecule has 0 aromatic heterocycles.